The SMILES string of the molecule is OB(O)Oc1ccc(F)cc1Br. The summed E-state index contributed by atoms with van der Waals surface area (Å²) in [5, 5.41) is 16.8. The monoisotopic (exact) mass is 234 g/mol. The van der Waals surface area contributed by atoms with E-state index in [-0.39, 0.29) is 5.75 Å². The van der Waals surface area contributed by atoms with Crippen LogP contribution in [-0.4, -0.2) is 17.4 Å². The molecular weight excluding hydrogens is 230 g/mol. The van der Waals surface area contributed by atoms with E-state index in [4.69, 9.17) is 10.0 Å². The maximum atomic E-state index is 12.5. The van der Waals surface area contributed by atoms with Crippen molar-refractivity contribution in [1.82, 2.24) is 0 Å². The molecule has 0 radical (unpaired) electrons. The Morgan fingerprint density at radius 1 is 1.42 bits per heavy atom. The summed E-state index contributed by atoms with van der Waals surface area (Å²) in [4.78, 5) is 0. The fourth-order valence-electron chi connectivity index (χ4n) is 0.684. The highest BCUT2D eigenvalue weighted by atomic mass is 79.9. The van der Waals surface area contributed by atoms with Gasteiger partial charge in [-0.2, -0.15) is 0 Å². The molecule has 0 atom stereocenters. The van der Waals surface area contributed by atoms with Gasteiger partial charge in [-0.05, 0) is 34.1 Å². The predicted molar refractivity (Wildman–Crippen MR) is 44.9 cm³/mol. The first-order chi connectivity index (χ1) is 5.59. The third kappa shape index (κ3) is 2.47. The van der Waals surface area contributed by atoms with Crippen LogP contribution >= 0.6 is 15.9 Å². The van der Waals surface area contributed by atoms with E-state index in [9.17, 15) is 4.39 Å². The van der Waals surface area contributed by atoms with Crippen LogP contribution in [0.5, 0.6) is 5.75 Å². The molecule has 1 aromatic carbocycles. The minimum atomic E-state index is -1.90. The summed E-state index contributed by atoms with van der Waals surface area (Å²) in [7, 11) is -1.90. The first-order valence-electron chi connectivity index (χ1n) is 3.07. The first kappa shape index (κ1) is 9.50. The van der Waals surface area contributed by atoms with Crippen LogP contribution in [-0.2, 0) is 0 Å². The number of halogens is 2. The lowest BCUT2D eigenvalue weighted by atomic mass is 10.2. The zero-order valence-corrected chi connectivity index (χ0v) is 7.45. The molecule has 0 saturated heterocycles. The van der Waals surface area contributed by atoms with Gasteiger partial charge in [-0.3, -0.25) is 0 Å². The van der Waals surface area contributed by atoms with Gasteiger partial charge < -0.3 is 14.7 Å². The molecule has 3 nitrogen and oxygen atoms in total. The van der Waals surface area contributed by atoms with Crippen LogP contribution in [0, 0.1) is 5.82 Å². The van der Waals surface area contributed by atoms with E-state index in [1.54, 1.807) is 0 Å². The molecule has 1 aromatic rings. The topological polar surface area (TPSA) is 49.7 Å². The predicted octanol–water partition coefficient (Wildman–Crippen LogP) is 0.936. The van der Waals surface area contributed by atoms with Crippen LogP contribution in [0.4, 0.5) is 4.39 Å². The number of benzene rings is 1. The Balaban J connectivity index is 2.86. The molecule has 0 spiro atoms. The molecule has 0 saturated carbocycles. The molecule has 0 aromatic heterocycles. The van der Waals surface area contributed by atoms with Crippen molar-refractivity contribution in [3.63, 3.8) is 0 Å². The smallest absolute Gasteiger partial charge is 0.511 e. The minimum absolute atomic E-state index is 0.173. The van der Waals surface area contributed by atoms with Gasteiger partial charge in [0, 0.05) is 0 Å². The van der Waals surface area contributed by atoms with Gasteiger partial charge >= 0.3 is 7.32 Å². The molecule has 12 heavy (non-hydrogen) atoms. The van der Waals surface area contributed by atoms with Crippen molar-refractivity contribution < 1.29 is 19.1 Å². The maximum absolute atomic E-state index is 12.5. The molecule has 0 amide bonds. The second-order valence-corrected chi connectivity index (χ2v) is 2.87. The van der Waals surface area contributed by atoms with Crippen LogP contribution in [0.15, 0.2) is 22.7 Å². The number of hydrogen-bond donors (Lipinski definition) is 2. The van der Waals surface area contributed by atoms with E-state index >= 15 is 0 Å². The molecule has 0 fully saturated rings. The molecule has 1 rings (SSSR count). The van der Waals surface area contributed by atoms with E-state index in [2.05, 4.69) is 20.6 Å². The number of rotatable bonds is 2. The van der Waals surface area contributed by atoms with Gasteiger partial charge in [0.25, 0.3) is 0 Å². The normalized spacial score (nSPS) is 9.67. The van der Waals surface area contributed by atoms with Gasteiger partial charge in [-0.15, -0.1) is 0 Å². The largest absolute Gasteiger partial charge is 0.707 e. The van der Waals surface area contributed by atoms with Gasteiger partial charge in [-0.25, -0.2) is 4.39 Å². The second-order valence-electron chi connectivity index (χ2n) is 2.02. The van der Waals surface area contributed by atoms with E-state index in [1.807, 2.05) is 0 Å². The van der Waals surface area contributed by atoms with Gasteiger partial charge in [0.2, 0.25) is 0 Å². The van der Waals surface area contributed by atoms with Crippen LogP contribution < -0.4 is 4.65 Å². The average Bonchev–Trinajstić information content (AvgIpc) is 1.94. The van der Waals surface area contributed by atoms with E-state index in [0.717, 1.165) is 12.1 Å². The summed E-state index contributed by atoms with van der Waals surface area (Å²) in [6.45, 7) is 0. The third-order valence-corrected chi connectivity index (χ3v) is 1.75. The van der Waals surface area contributed by atoms with E-state index < -0.39 is 13.1 Å². The number of hydrogen-bond acceptors (Lipinski definition) is 3. The lowest BCUT2D eigenvalue weighted by Gasteiger charge is -2.05. The lowest BCUT2D eigenvalue weighted by Crippen LogP contribution is -2.20. The van der Waals surface area contributed by atoms with Gasteiger partial charge in [0.15, 0.2) is 0 Å². The first-order valence-corrected chi connectivity index (χ1v) is 3.87. The van der Waals surface area contributed by atoms with Crippen molar-refractivity contribution in [2.75, 3.05) is 0 Å². The van der Waals surface area contributed by atoms with Crippen molar-refractivity contribution in [2.45, 2.75) is 0 Å². The molecule has 0 aliphatic heterocycles. The second kappa shape index (κ2) is 3.89. The molecule has 0 unspecified atom stereocenters. The van der Waals surface area contributed by atoms with Crippen LogP contribution in [0.3, 0.4) is 0 Å². The Morgan fingerprint density at radius 2 is 2.08 bits per heavy atom. The zero-order valence-electron chi connectivity index (χ0n) is 5.87. The Kier molecular flexibility index (Phi) is 3.08. The molecular formula is C6H5BBrFO3. The molecule has 2 N–H and O–H groups in total. The molecule has 0 aliphatic carbocycles. The Bertz CT molecular complexity index is 281. The standard InChI is InChI=1S/C6H5BBrFO3/c8-5-3-4(9)1-2-6(5)12-7(10)11/h1-3,10-11H. The van der Waals surface area contributed by atoms with Crippen LogP contribution in [0.2, 0.25) is 0 Å². The highest BCUT2D eigenvalue weighted by molar-refractivity contribution is 9.10. The maximum Gasteiger partial charge on any atom is 0.707 e. The van der Waals surface area contributed by atoms with Crippen molar-refractivity contribution in [1.29, 1.82) is 0 Å². The molecule has 0 bridgehead atoms. The highest BCUT2D eigenvalue weighted by Crippen LogP contribution is 2.25. The summed E-state index contributed by atoms with van der Waals surface area (Å²) >= 11 is 2.99. The Morgan fingerprint density at radius 3 is 2.58 bits per heavy atom. The summed E-state index contributed by atoms with van der Waals surface area (Å²) < 4.78 is 17.3. The molecule has 64 valence electrons. The van der Waals surface area contributed by atoms with Crippen molar-refractivity contribution in [3.05, 3.63) is 28.5 Å². The van der Waals surface area contributed by atoms with Crippen molar-refractivity contribution in [2.24, 2.45) is 0 Å². The highest BCUT2D eigenvalue weighted by Gasteiger charge is 2.13. The van der Waals surface area contributed by atoms with Gasteiger partial charge in [-0.1, -0.05) is 0 Å². The fourth-order valence-corrected chi connectivity index (χ4v) is 1.13. The average molecular weight is 235 g/mol. The minimum Gasteiger partial charge on any atom is -0.511 e. The van der Waals surface area contributed by atoms with Crippen molar-refractivity contribution >= 4 is 23.3 Å². The molecule has 0 aliphatic rings. The zero-order chi connectivity index (χ0) is 9.14. The summed E-state index contributed by atoms with van der Waals surface area (Å²) in [6, 6.07) is 3.61. The van der Waals surface area contributed by atoms with E-state index in [0.29, 0.717) is 4.47 Å². The Hall–Kier alpha value is -0.585. The molecule has 6 heteroatoms. The molecule has 0 heterocycles. The van der Waals surface area contributed by atoms with Crippen LogP contribution in [0.1, 0.15) is 0 Å². The summed E-state index contributed by atoms with van der Waals surface area (Å²) in [5.74, 6) is -0.256. The summed E-state index contributed by atoms with van der Waals surface area (Å²) in [6.07, 6.45) is 0. The van der Waals surface area contributed by atoms with Crippen LogP contribution in [0.25, 0.3) is 0 Å². The van der Waals surface area contributed by atoms with E-state index in [1.165, 1.54) is 6.07 Å². The third-order valence-electron chi connectivity index (χ3n) is 1.13. The lowest BCUT2D eigenvalue weighted by molar-refractivity contribution is 0.287. The fraction of sp³-hybridized carbons (Fsp3) is 0. The quantitative estimate of drug-likeness (QED) is 0.749. The van der Waals surface area contributed by atoms with Gasteiger partial charge in [0.1, 0.15) is 11.6 Å². The Labute approximate surface area is 77.1 Å². The van der Waals surface area contributed by atoms with Crippen molar-refractivity contribution in [3.8, 4) is 5.75 Å². The van der Waals surface area contributed by atoms with Gasteiger partial charge in [0.05, 0.1) is 4.47 Å². The summed E-state index contributed by atoms with van der Waals surface area (Å²) in [5.41, 5.74) is 0.